The highest BCUT2D eigenvalue weighted by Crippen LogP contribution is 2.32. The SMILES string of the molecule is CCCCCCCCC1OC1CCCC(=O)OCCOC(=O)CCCC1OC1CCCCCCCC. The lowest BCUT2D eigenvalue weighted by Gasteiger charge is -2.06. The van der Waals surface area contributed by atoms with Gasteiger partial charge in [-0.2, -0.15) is 0 Å². The van der Waals surface area contributed by atoms with Gasteiger partial charge in [0.2, 0.25) is 0 Å². The van der Waals surface area contributed by atoms with E-state index in [1.54, 1.807) is 0 Å². The van der Waals surface area contributed by atoms with E-state index in [9.17, 15) is 9.59 Å². The van der Waals surface area contributed by atoms with Gasteiger partial charge in [-0.05, 0) is 38.5 Å². The monoisotopic (exact) mass is 510 g/mol. The first-order valence-electron chi connectivity index (χ1n) is 15.3. The summed E-state index contributed by atoms with van der Waals surface area (Å²) in [6.45, 7) is 4.76. The molecule has 0 aromatic heterocycles. The molecule has 2 rings (SSSR count). The predicted octanol–water partition coefficient (Wildman–Crippen LogP) is 7.45. The molecular weight excluding hydrogens is 456 g/mol. The molecule has 2 aliphatic heterocycles. The summed E-state index contributed by atoms with van der Waals surface area (Å²) in [6, 6.07) is 0. The molecule has 0 spiro atoms. The van der Waals surface area contributed by atoms with Crippen molar-refractivity contribution in [3.05, 3.63) is 0 Å². The molecule has 4 atom stereocenters. The number of ether oxygens (including phenoxy) is 4. The topological polar surface area (TPSA) is 77.7 Å². The lowest BCUT2D eigenvalue weighted by atomic mass is 10.1. The summed E-state index contributed by atoms with van der Waals surface area (Å²) in [4.78, 5) is 23.8. The molecule has 0 aromatic carbocycles. The van der Waals surface area contributed by atoms with Crippen molar-refractivity contribution in [3.8, 4) is 0 Å². The van der Waals surface area contributed by atoms with Crippen molar-refractivity contribution < 1.29 is 28.5 Å². The van der Waals surface area contributed by atoms with Gasteiger partial charge < -0.3 is 18.9 Å². The van der Waals surface area contributed by atoms with Crippen molar-refractivity contribution in [1.29, 1.82) is 0 Å². The number of esters is 2. The van der Waals surface area contributed by atoms with Gasteiger partial charge in [0.1, 0.15) is 13.2 Å². The van der Waals surface area contributed by atoms with Crippen molar-refractivity contribution in [2.75, 3.05) is 13.2 Å². The first-order valence-corrected chi connectivity index (χ1v) is 15.3. The fourth-order valence-electron chi connectivity index (χ4n) is 4.98. The second-order valence-corrected chi connectivity index (χ2v) is 10.8. The molecule has 2 saturated heterocycles. The van der Waals surface area contributed by atoms with E-state index in [-0.39, 0.29) is 25.2 Å². The van der Waals surface area contributed by atoms with Crippen LogP contribution in [0.5, 0.6) is 0 Å². The number of rotatable bonds is 25. The van der Waals surface area contributed by atoms with E-state index in [1.807, 2.05) is 0 Å². The summed E-state index contributed by atoms with van der Waals surface area (Å²) < 4.78 is 21.8. The largest absolute Gasteiger partial charge is 0.462 e. The standard InChI is InChI=1S/C30H54O6/c1-3-5-7-9-11-13-17-25-27(35-25)19-15-21-29(31)33-23-24-34-30(32)22-16-20-28-26(36-28)18-14-12-10-8-6-4-2/h25-28H,3-24H2,1-2H3. The highest BCUT2D eigenvalue weighted by atomic mass is 16.6. The summed E-state index contributed by atoms with van der Waals surface area (Å²) in [5.74, 6) is -0.442. The maximum Gasteiger partial charge on any atom is 0.305 e. The van der Waals surface area contributed by atoms with Crippen molar-refractivity contribution in [1.82, 2.24) is 0 Å². The highest BCUT2D eigenvalue weighted by Gasteiger charge is 2.37. The number of hydrogen-bond donors (Lipinski definition) is 0. The Morgan fingerprint density at radius 2 is 0.833 bits per heavy atom. The first kappa shape index (κ1) is 31.1. The summed E-state index contributed by atoms with van der Waals surface area (Å²) in [5.41, 5.74) is 0. The molecular formula is C30H54O6. The van der Waals surface area contributed by atoms with Gasteiger partial charge in [-0.25, -0.2) is 0 Å². The average Bonchev–Trinajstić information content (AvgIpc) is 3.79. The van der Waals surface area contributed by atoms with Crippen LogP contribution in [0.3, 0.4) is 0 Å². The Morgan fingerprint density at radius 3 is 1.22 bits per heavy atom. The number of carbonyl (C=O) groups excluding carboxylic acids is 2. The highest BCUT2D eigenvalue weighted by molar-refractivity contribution is 5.70. The number of hydrogen-bond acceptors (Lipinski definition) is 6. The lowest BCUT2D eigenvalue weighted by Crippen LogP contribution is -2.14. The Balaban J connectivity index is 1.31. The smallest absolute Gasteiger partial charge is 0.305 e. The third kappa shape index (κ3) is 15.9. The fourth-order valence-corrected chi connectivity index (χ4v) is 4.98. The van der Waals surface area contributed by atoms with E-state index in [4.69, 9.17) is 18.9 Å². The quantitative estimate of drug-likeness (QED) is 0.0721. The minimum Gasteiger partial charge on any atom is -0.462 e. The van der Waals surface area contributed by atoms with Crippen molar-refractivity contribution in [2.45, 2.75) is 167 Å². The van der Waals surface area contributed by atoms with E-state index < -0.39 is 0 Å². The van der Waals surface area contributed by atoms with E-state index >= 15 is 0 Å². The maximum absolute atomic E-state index is 11.9. The molecule has 0 bridgehead atoms. The number of epoxide rings is 2. The Kier molecular flexibility index (Phi) is 17.2. The van der Waals surface area contributed by atoms with Crippen LogP contribution in [0.1, 0.15) is 142 Å². The second-order valence-electron chi connectivity index (χ2n) is 10.8. The van der Waals surface area contributed by atoms with Crippen LogP contribution in [0.4, 0.5) is 0 Å². The van der Waals surface area contributed by atoms with Crippen molar-refractivity contribution in [3.63, 3.8) is 0 Å². The predicted molar refractivity (Wildman–Crippen MR) is 143 cm³/mol. The third-order valence-electron chi connectivity index (χ3n) is 7.41. The molecule has 6 heteroatoms. The molecule has 6 nitrogen and oxygen atoms in total. The molecule has 4 unspecified atom stereocenters. The summed E-state index contributed by atoms with van der Waals surface area (Å²) in [6.07, 6.45) is 23.8. The van der Waals surface area contributed by atoms with Crippen LogP contribution in [0, 0.1) is 0 Å². The molecule has 0 amide bonds. The molecule has 0 aliphatic carbocycles. The van der Waals surface area contributed by atoms with Gasteiger partial charge in [0.05, 0.1) is 24.4 Å². The van der Waals surface area contributed by atoms with Gasteiger partial charge in [0, 0.05) is 12.8 Å². The maximum atomic E-state index is 11.9. The zero-order valence-corrected chi connectivity index (χ0v) is 23.3. The van der Waals surface area contributed by atoms with Crippen molar-refractivity contribution >= 4 is 11.9 Å². The summed E-state index contributed by atoms with van der Waals surface area (Å²) in [7, 11) is 0. The van der Waals surface area contributed by atoms with Crippen LogP contribution in [0.2, 0.25) is 0 Å². The molecule has 0 N–H and O–H groups in total. The molecule has 2 heterocycles. The van der Waals surface area contributed by atoms with Crippen LogP contribution in [0.15, 0.2) is 0 Å². The normalized spacial score (nSPS) is 22.4. The van der Waals surface area contributed by atoms with Crippen LogP contribution < -0.4 is 0 Å². The fraction of sp³-hybridized carbons (Fsp3) is 0.933. The number of unbranched alkanes of at least 4 members (excludes halogenated alkanes) is 10. The minimum absolute atomic E-state index is 0.136. The number of carbonyl (C=O) groups is 2. The van der Waals surface area contributed by atoms with Crippen LogP contribution >= 0.6 is 0 Å². The van der Waals surface area contributed by atoms with Gasteiger partial charge in [-0.1, -0.05) is 90.9 Å². The van der Waals surface area contributed by atoms with E-state index in [0.717, 1.165) is 38.5 Å². The Morgan fingerprint density at radius 1 is 0.500 bits per heavy atom. The van der Waals surface area contributed by atoms with Crippen LogP contribution in [-0.4, -0.2) is 49.6 Å². The van der Waals surface area contributed by atoms with Gasteiger partial charge in [-0.15, -0.1) is 0 Å². The molecule has 0 saturated carbocycles. The minimum atomic E-state index is -0.221. The van der Waals surface area contributed by atoms with E-state index in [0.29, 0.717) is 37.3 Å². The van der Waals surface area contributed by atoms with E-state index in [2.05, 4.69) is 13.8 Å². The van der Waals surface area contributed by atoms with Gasteiger partial charge in [0.15, 0.2) is 0 Å². The first-order chi connectivity index (χ1) is 17.6. The van der Waals surface area contributed by atoms with E-state index in [1.165, 1.54) is 77.0 Å². The van der Waals surface area contributed by atoms with Gasteiger partial charge in [-0.3, -0.25) is 9.59 Å². The second kappa shape index (κ2) is 19.9. The third-order valence-corrected chi connectivity index (χ3v) is 7.41. The molecule has 0 aromatic rings. The molecule has 0 radical (unpaired) electrons. The molecule has 2 fully saturated rings. The van der Waals surface area contributed by atoms with Crippen molar-refractivity contribution in [2.24, 2.45) is 0 Å². The Hall–Kier alpha value is -1.14. The Labute approximate surface area is 220 Å². The summed E-state index contributed by atoms with van der Waals surface area (Å²) in [5, 5.41) is 0. The molecule has 210 valence electrons. The van der Waals surface area contributed by atoms with Crippen LogP contribution in [-0.2, 0) is 28.5 Å². The lowest BCUT2D eigenvalue weighted by molar-refractivity contribution is -0.152. The Bertz CT molecular complexity index is 530. The van der Waals surface area contributed by atoms with Gasteiger partial charge >= 0.3 is 11.9 Å². The molecule has 2 aliphatic rings. The zero-order chi connectivity index (χ0) is 25.8. The van der Waals surface area contributed by atoms with Crippen LogP contribution in [0.25, 0.3) is 0 Å². The zero-order valence-electron chi connectivity index (χ0n) is 23.3. The average molecular weight is 511 g/mol. The molecule has 36 heavy (non-hydrogen) atoms. The van der Waals surface area contributed by atoms with Gasteiger partial charge in [0.25, 0.3) is 0 Å². The summed E-state index contributed by atoms with van der Waals surface area (Å²) >= 11 is 0.